The van der Waals surface area contributed by atoms with E-state index in [1.807, 2.05) is 12.3 Å². The molecule has 0 amide bonds. The van der Waals surface area contributed by atoms with Gasteiger partial charge in [-0.15, -0.1) is 0 Å². The van der Waals surface area contributed by atoms with Crippen molar-refractivity contribution < 1.29 is 0 Å². The van der Waals surface area contributed by atoms with Crippen LogP contribution in [0.1, 0.15) is 18.4 Å². The topological polar surface area (TPSA) is 33.1 Å². The molecule has 0 unspecified atom stereocenters. The Morgan fingerprint density at radius 3 is 2.85 bits per heavy atom. The molecular formula is C16H22N4. The fraction of sp³-hybridized carbons (Fsp3) is 0.438. The molecule has 1 aliphatic rings. The number of benzene rings is 1. The number of para-hydroxylation sites is 1. The lowest BCUT2D eigenvalue weighted by Crippen LogP contribution is -2.48. The van der Waals surface area contributed by atoms with Gasteiger partial charge in [-0.25, -0.2) is 4.98 Å². The van der Waals surface area contributed by atoms with Gasteiger partial charge in [0, 0.05) is 37.9 Å². The smallest absolute Gasteiger partial charge is 0.110 e. The maximum Gasteiger partial charge on any atom is 0.110 e. The van der Waals surface area contributed by atoms with Gasteiger partial charge >= 0.3 is 0 Å². The minimum Gasteiger partial charge on any atom is -0.312 e. The van der Waals surface area contributed by atoms with Crippen molar-refractivity contribution in [1.82, 2.24) is 19.8 Å². The molecule has 2 heterocycles. The van der Waals surface area contributed by atoms with Crippen molar-refractivity contribution in [1.29, 1.82) is 0 Å². The molecule has 106 valence electrons. The third-order valence-corrected chi connectivity index (χ3v) is 3.86. The van der Waals surface area contributed by atoms with E-state index in [9.17, 15) is 0 Å². The Balaban J connectivity index is 1.84. The van der Waals surface area contributed by atoms with Gasteiger partial charge in [-0.3, -0.25) is 9.47 Å². The lowest BCUT2D eigenvalue weighted by molar-refractivity contribution is 0.197. The standard InChI is InChI=1S/C16H22N4/c1-13-11-19(9-8-17-13)12-16-10-18-14(2)20(16)15-6-4-3-5-7-15/h3-7,10,13,17H,8-9,11-12H2,1-2H3/t13-/m1/s1. The molecule has 1 aromatic heterocycles. The molecule has 0 bridgehead atoms. The van der Waals surface area contributed by atoms with Crippen LogP contribution >= 0.6 is 0 Å². The van der Waals surface area contributed by atoms with Gasteiger partial charge in [0.15, 0.2) is 0 Å². The zero-order chi connectivity index (χ0) is 13.9. The highest BCUT2D eigenvalue weighted by atomic mass is 15.2. The minimum absolute atomic E-state index is 0.568. The van der Waals surface area contributed by atoms with Crippen LogP contribution in [0.15, 0.2) is 36.5 Å². The monoisotopic (exact) mass is 270 g/mol. The average Bonchev–Trinajstić information content (AvgIpc) is 2.81. The number of nitrogens with zero attached hydrogens (tertiary/aromatic N) is 3. The van der Waals surface area contributed by atoms with Crippen LogP contribution in [0.25, 0.3) is 5.69 Å². The van der Waals surface area contributed by atoms with E-state index in [4.69, 9.17) is 0 Å². The zero-order valence-corrected chi connectivity index (χ0v) is 12.2. The van der Waals surface area contributed by atoms with E-state index in [0.29, 0.717) is 6.04 Å². The molecule has 20 heavy (non-hydrogen) atoms. The van der Waals surface area contributed by atoms with Crippen LogP contribution in [0.5, 0.6) is 0 Å². The van der Waals surface area contributed by atoms with Crippen molar-refractivity contribution in [3.8, 4) is 5.69 Å². The van der Waals surface area contributed by atoms with E-state index >= 15 is 0 Å². The number of imidazole rings is 1. The Morgan fingerprint density at radius 1 is 1.30 bits per heavy atom. The van der Waals surface area contributed by atoms with Crippen LogP contribution < -0.4 is 5.32 Å². The van der Waals surface area contributed by atoms with Crippen molar-refractivity contribution in [2.24, 2.45) is 0 Å². The van der Waals surface area contributed by atoms with Crippen molar-refractivity contribution >= 4 is 0 Å². The Labute approximate surface area is 120 Å². The largest absolute Gasteiger partial charge is 0.312 e. The molecule has 1 saturated heterocycles. The third-order valence-electron chi connectivity index (χ3n) is 3.86. The molecule has 1 N–H and O–H groups in total. The summed E-state index contributed by atoms with van der Waals surface area (Å²) < 4.78 is 2.26. The van der Waals surface area contributed by atoms with Crippen LogP contribution in [-0.4, -0.2) is 40.1 Å². The maximum absolute atomic E-state index is 4.50. The normalized spacial score (nSPS) is 20.2. The van der Waals surface area contributed by atoms with E-state index in [2.05, 4.69) is 57.9 Å². The number of aryl methyl sites for hydroxylation is 1. The van der Waals surface area contributed by atoms with Crippen LogP contribution in [0.3, 0.4) is 0 Å². The van der Waals surface area contributed by atoms with Gasteiger partial charge in [0.05, 0.1) is 11.9 Å². The molecule has 1 aliphatic heterocycles. The molecule has 4 nitrogen and oxygen atoms in total. The van der Waals surface area contributed by atoms with E-state index in [1.165, 1.54) is 11.4 Å². The summed E-state index contributed by atoms with van der Waals surface area (Å²) in [6, 6.07) is 11.0. The summed E-state index contributed by atoms with van der Waals surface area (Å²) >= 11 is 0. The second-order valence-electron chi connectivity index (χ2n) is 5.56. The van der Waals surface area contributed by atoms with Gasteiger partial charge in [-0.2, -0.15) is 0 Å². The molecule has 1 aromatic carbocycles. The molecule has 1 fully saturated rings. The summed E-state index contributed by atoms with van der Waals surface area (Å²) in [5.74, 6) is 1.05. The van der Waals surface area contributed by atoms with Crippen LogP contribution in [-0.2, 0) is 6.54 Å². The Morgan fingerprint density at radius 2 is 2.10 bits per heavy atom. The molecule has 3 rings (SSSR count). The molecule has 0 aliphatic carbocycles. The molecule has 2 aromatic rings. The number of piperazine rings is 1. The predicted octanol–water partition coefficient (Wildman–Crippen LogP) is 1.97. The van der Waals surface area contributed by atoms with Gasteiger partial charge in [-0.05, 0) is 26.0 Å². The number of hydrogen-bond donors (Lipinski definition) is 1. The average molecular weight is 270 g/mol. The first kappa shape index (κ1) is 13.3. The summed E-state index contributed by atoms with van der Waals surface area (Å²) in [4.78, 5) is 7.00. The van der Waals surface area contributed by atoms with Gasteiger partial charge in [0.1, 0.15) is 5.82 Å². The Hall–Kier alpha value is -1.65. The predicted molar refractivity (Wildman–Crippen MR) is 81.0 cm³/mol. The van der Waals surface area contributed by atoms with Crippen LogP contribution in [0.4, 0.5) is 0 Å². The summed E-state index contributed by atoms with van der Waals surface area (Å²) in [5, 5.41) is 3.49. The van der Waals surface area contributed by atoms with E-state index in [1.54, 1.807) is 0 Å². The fourth-order valence-corrected chi connectivity index (χ4v) is 2.92. The molecule has 0 spiro atoms. The summed E-state index contributed by atoms with van der Waals surface area (Å²) in [6.07, 6.45) is 2.01. The van der Waals surface area contributed by atoms with Gasteiger partial charge in [0.25, 0.3) is 0 Å². The lowest BCUT2D eigenvalue weighted by Gasteiger charge is -2.31. The van der Waals surface area contributed by atoms with E-state index < -0.39 is 0 Å². The van der Waals surface area contributed by atoms with Gasteiger partial charge < -0.3 is 5.32 Å². The van der Waals surface area contributed by atoms with Crippen molar-refractivity contribution in [3.63, 3.8) is 0 Å². The first-order valence-corrected chi connectivity index (χ1v) is 7.28. The Bertz CT molecular complexity index is 561. The second-order valence-corrected chi connectivity index (χ2v) is 5.56. The molecule has 4 heteroatoms. The summed E-state index contributed by atoms with van der Waals surface area (Å²) in [6.45, 7) is 8.53. The fourth-order valence-electron chi connectivity index (χ4n) is 2.92. The molecular weight excluding hydrogens is 248 g/mol. The third kappa shape index (κ3) is 2.76. The highest BCUT2D eigenvalue weighted by molar-refractivity contribution is 5.35. The highest BCUT2D eigenvalue weighted by Crippen LogP contribution is 2.16. The second kappa shape index (κ2) is 5.77. The van der Waals surface area contributed by atoms with E-state index in [-0.39, 0.29) is 0 Å². The summed E-state index contributed by atoms with van der Waals surface area (Å²) in [7, 11) is 0. The van der Waals surface area contributed by atoms with Gasteiger partial charge in [0.2, 0.25) is 0 Å². The van der Waals surface area contributed by atoms with Crippen molar-refractivity contribution in [2.45, 2.75) is 26.4 Å². The SMILES string of the molecule is Cc1ncc(CN2CCN[C@H](C)C2)n1-c1ccccc1. The van der Waals surface area contributed by atoms with Crippen LogP contribution in [0.2, 0.25) is 0 Å². The van der Waals surface area contributed by atoms with E-state index in [0.717, 1.165) is 32.0 Å². The highest BCUT2D eigenvalue weighted by Gasteiger charge is 2.18. The van der Waals surface area contributed by atoms with Crippen molar-refractivity contribution in [2.75, 3.05) is 19.6 Å². The first-order chi connectivity index (χ1) is 9.74. The number of nitrogens with one attached hydrogen (secondary N) is 1. The Kier molecular flexibility index (Phi) is 3.85. The quantitative estimate of drug-likeness (QED) is 0.926. The summed E-state index contributed by atoms with van der Waals surface area (Å²) in [5.41, 5.74) is 2.46. The number of hydrogen-bond acceptors (Lipinski definition) is 3. The molecule has 0 saturated carbocycles. The number of rotatable bonds is 3. The zero-order valence-electron chi connectivity index (χ0n) is 12.2. The first-order valence-electron chi connectivity index (χ1n) is 7.28. The van der Waals surface area contributed by atoms with Gasteiger partial charge in [-0.1, -0.05) is 18.2 Å². The molecule has 1 atom stereocenters. The molecule has 0 radical (unpaired) electrons. The van der Waals surface area contributed by atoms with Crippen LogP contribution in [0, 0.1) is 6.92 Å². The lowest BCUT2D eigenvalue weighted by atomic mass is 10.2. The maximum atomic E-state index is 4.50. The minimum atomic E-state index is 0.568. The van der Waals surface area contributed by atoms with Crippen molar-refractivity contribution in [3.05, 3.63) is 48.0 Å². The number of aromatic nitrogens is 2.